The summed E-state index contributed by atoms with van der Waals surface area (Å²) >= 11 is 0. The zero-order valence-corrected chi connectivity index (χ0v) is 7.18. The molecule has 0 aromatic carbocycles. The number of ether oxygens (including phenoxy) is 1. The van der Waals surface area contributed by atoms with E-state index in [9.17, 15) is 14.9 Å². The number of rotatable bonds is 2. The van der Waals surface area contributed by atoms with Gasteiger partial charge in [0.05, 0.1) is 18.1 Å². The van der Waals surface area contributed by atoms with Crippen LogP contribution in [0.25, 0.3) is 0 Å². The molecule has 1 heterocycles. The fourth-order valence-corrected chi connectivity index (χ4v) is 0.906. The molecule has 0 saturated heterocycles. The predicted molar refractivity (Wildman–Crippen MR) is 44.9 cm³/mol. The van der Waals surface area contributed by atoms with Crippen LogP contribution >= 0.6 is 0 Å². The molecular weight excluding hydrogens is 176 g/mol. The van der Waals surface area contributed by atoms with Crippen LogP contribution in [0.3, 0.4) is 0 Å². The van der Waals surface area contributed by atoms with Gasteiger partial charge in [0, 0.05) is 13.2 Å². The van der Waals surface area contributed by atoms with Gasteiger partial charge in [0.15, 0.2) is 0 Å². The van der Waals surface area contributed by atoms with Crippen molar-refractivity contribution in [1.29, 1.82) is 0 Å². The minimum atomic E-state index is -0.731. The molecule has 0 aliphatic rings. The highest BCUT2D eigenvalue weighted by atomic mass is 16.6. The van der Waals surface area contributed by atoms with Gasteiger partial charge in [-0.1, -0.05) is 0 Å². The summed E-state index contributed by atoms with van der Waals surface area (Å²) in [6.07, 6.45) is 1.38. The second-order valence-corrected chi connectivity index (χ2v) is 2.44. The smallest absolute Gasteiger partial charge is 0.337 e. The van der Waals surface area contributed by atoms with Crippen molar-refractivity contribution in [3.8, 4) is 5.75 Å². The Balaban J connectivity index is 3.42. The summed E-state index contributed by atoms with van der Waals surface area (Å²) in [4.78, 5) is 20.8. The molecule has 0 N–H and O–H groups in total. The number of aromatic nitrogens is 1. The average molecular weight is 184 g/mol. The first-order valence-electron chi connectivity index (χ1n) is 3.45. The van der Waals surface area contributed by atoms with Gasteiger partial charge in [-0.3, -0.25) is 14.9 Å². The highest BCUT2D eigenvalue weighted by molar-refractivity contribution is 5.34. The molecule has 0 bridgehead atoms. The van der Waals surface area contributed by atoms with Gasteiger partial charge >= 0.3 is 11.2 Å². The summed E-state index contributed by atoms with van der Waals surface area (Å²) in [6, 6.07) is 1.10. The molecule has 6 nitrogen and oxygen atoms in total. The van der Waals surface area contributed by atoms with Gasteiger partial charge in [-0.25, -0.2) is 0 Å². The minimum absolute atomic E-state index is 0.286. The highest BCUT2D eigenvalue weighted by Gasteiger charge is 2.14. The standard InChI is InChI=1S/C7H8N2O4/c1-8-4-5(13-2)3-6(7(8)10)9(11)12/h3-4H,1-2H3. The van der Waals surface area contributed by atoms with E-state index >= 15 is 0 Å². The van der Waals surface area contributed by atoms with Crippen molar-refractivity contribution in [1.82, 2.24) is 4.57 Å². The van der Waals surface area contributed by atoms with Crippen LogP contribution in [0.1, 0.15) is 0 Å². The van der Waals surface area contributed by atoms with Crippen molar-refractivity contribution < 1.29 is 9.66 Å². The van der Waals surface area contributed by atoms with E-state index in [0.29, 0.717) is 0 Å². The number of pyridine rings is 1. The first-order chi connectivity index (χ1) is 6.06. The first kappa shape index (κ1) is 9.24. The third-order valence-corrected chi connectivity index (χ3v) is 1.57. The maximum atomic E-state index is 11.1. The van der Waals surface area contributed by atoms with Gasteiger partial charge in [-0.2, -0.15) is 0 Å². The molecule has 0 saturated carbocycles. The van der Waals surface area contributed by atoms with Crippen molar-refractivity contribution in [2.75, 3.05) is 7.11 Å². The molecule has 6 heteroatoms. The maximum Gasteiger partial charge on any atom is 0.337 e. The summed E-state index contributed by atoms with van der Waals surface area (Å²) in [5.41, 5.74) is -1.13. The lowest BCUT2D eigenvalue weighted by Gasteiger charge is -2.01. The molecule has 0 aliphatic heterocycles. The van der Waals surface area contributed by atoms with E-state index in [1.54, 1.807) is 0 Å². The molecule has 1 aromatic rings. The molecule has 13 heavy (non-hydrogen) atoms. The van der Waals surface area contributed by atoms with E-state index in [4.69, 9.17) is 4.74 Å². The van der Waals surface area contributed by atoms with Crippen LogP contribution in [0.15, 0.2) is 17.1 Å². The second kappa shape index (κ2) is 3.26. The van der Waals surface area contributed by atoms with Crippen molar-refractivity contribution in [2.24, 2.45) is 7.05 Å². The quantitative estimate of drug-likeness (QED) is 0.489. The number of nitrogens with zero attached hydrogens (tertiary/aromatic N) is 2. The molecule has 70 valence electrons. The fourth-order valence-electron chi connectivity index (χ4n) is 0.906. The Morgan fingerprint density at radius 3 is 2.69 bits per heavy atom. The minimum Gasteiger partial charge on any atom is -0.495 e. The molecule has 1 aromatic heterocycles. The molecular formula is C7H8N2O4. The lowest BCUT2D eigenvalue weighted by atomic mass is 10.4. The molecule has 0 radical (unpaired) electrons. The van der Waals surface area contributed by atoms with E-state index in [-0.39, 0.29) is 5.75 Å². The lowest BCUT2D eigenvalue weighted by Crippen LogP contribution is -2.19. The van der Waals surface area contributed by atoms with Crippen LogP contribution in [0.2, 0.25) is 0 Å². The van der Waals surface area contributed by atoms with Gasteiger partial charge in [-0.05, 0) is 0 Å². The van der Waals surface area contributed by atoms with Crippen LogP contribution in [0, 0.1) is 10.1 Å². The summed E-state index contributed by atoms with van der Waals surface area (Å²) < 4.78 is 5.88. The molecule has 0 fully saturated rings. The SMILES string of the molecule is COc1cc([N+](=O)[O-])c(=O)n(C)c1. The number of methoxy groups -OCH3 is 1. The zero-order valence-electron chi connectivity index (χ0n) is 7.18. The van der Waals surface area contributed by atoms with Crippen molar-refractivity contribution in [3.63, 3.8) is 0 Å². The van der Waals surface area contributed by atoms with Gasteiger partial charge in [0.1, 0.15) is 5.75 Å². The molecule has 0 spiro atoms. The zero-order chi connectivity index (χ0) is 10.0. The van der Waals surface area contributed by atoms with Crippen LogP contribution in [-0.4, -0.2) is 16.6 Å². The molecule has 0 unspecified atom stereocenters. The van der Waals surface area contributed by atoms with Crippen LogP contribution in [0.4, 0.5) is 5.69 Å². The van der Waals surface area contributed by atoms with Gasteiger partial charge in [0.25, 0.3) is 0 Å². The van der Waals surface area contributed by atoms with Gasteiger partial charge in [-0.15, -0.1) is 0 Å². The van der Waals surface area contributed by atoms with Crippen molar-refractivity contribution >= 4 is 5.69 Å². The van der Waals surface area contributed by atoms with E-state index < -0.39 is 16.2 Å². The predicted octanol–water partition coefficient (Wildman–Crippen LogP) is 0.302. The third kappa shape index (κ3) is 1.66. The van der Waals surface area contributed by atoms with Crippen molar-refractivity contribution in [3.05, 3.63) is 32.7 Å². The number of aryl methyl sites for hydroxylation is 1. The Labute approximate surface area is 73.5 Å². The summed E-state index contributed by atoms with van der Waals surface area (Å²) in [5, 5.41) is 10.4. The van der Waals surface area contributed by atoms with E-state index in [1.165, 1.54) is 20.4 Å². The maximum absolute atomic E-state index is 11.1. The Hall–Kier alpha value is -1.85. The molecule has 1 rings (SSSR count). The largest absolute Gasteiger partial charge is 0.495 e. The summed E-state index contributed by atoms with van der Waals surface area (Å²) in [7, 11) is 2.81. The third-order valence-electron chi connectivity index (χ3n) is 1.57. The molecule has 0 aliphatic carbocycles. The van der Waals surface area contributed by atoms with Gasteiger partial charge in [0.2, 0.25) is 0 Å². The van der Waals surface area contributed by atoms with Crippen molar-refractivity contribution in [2.45, 2.75) is 0 Å². The molecule has 0 amide bonds. The molecule has 0 atom stereocenters. The Kier molecular flexibility index (Phi) is 2.32. The monoisotopic (exact) mass is 184 g/mol. The topological polar surface area (TPSA) is 74.4 Å². The first-order valence-corrected chi connectivity index (χ1v) is 3.45. The van der Waals surface area contributed by atoms with E-state index in [0.717, 1.165) is 10.6 Å². The van der Waals surface area contributed by atoms with Gasteiger partial charge < -0.3 is 9.30 Å². The van der Waals surface area contributed by atoms with Crippen LogP contribution in [-0.2, 0) is 7.05 Å². The summed E-state index contributed by atoms with van der Waals surface area (Å²) in [5.74, 6) is 0.286. The second-order valence-electron chi connectivity index (χ2n) is 2.44. The Morgan fingerprint density at radius 1 is 1.62 bits per heavy atom. The summed E-state index contributed by atoms with van der Waals surface area (Å²) in [6.45, 7) is 0. The number of nitro groups is 1. The normalized spacial score (nSPS) is 9.69. The van der Waals surface area contributed by atoms with Crippen LogP contribution < -0.4 is 10.3 Å². The number of hydrogen-bond donors (Lipinski definition) is 0. The van der Waals surface area contributed by atoms with E-state index in [1.807, 2.05) is 0 Å². The number of hydrogen-bond acceptors (Lipinski definition) is 4. The highest BCUT2D eigenvalue weighted by Crippen LogP contribution is 2.13. The average Bonchev–Trinajstić information content (AvgIpc) is 2.09. The lowest BCUT2D eigenvalue weighted by molar-refractivity contribution is -0.386. The Morgan fingerprint density at radius 2 is 2.23 bits per heavy atom. The van der Waals surface area contributed by atoms with E-state index in [2.05, 4.69) is 0 Å². The Bertz CT molecular complexity index is 396. The van der Waals surface area contributed by atoms with Crippen LogP contribution in [0.5, 0.6) is 5.75 Å². The fraction of sp³-hybridized carbons (Fsp3) is 0.286.